The Labute approximate surface area is 274 Å². The van der Waals surface area contributed by atoms with Gasteiger partial charge in [-0.3, -0.25) is 9.48 Å². The number of amides is 1. The van der Waals surface area contributed by atoms with E-state index < -0.39 is 15.9 Å². The molecule has 7 rings (SSSR count). The van der Waals surface area contributed by atoms with E-state index in [9.17, 15) is 13.2 Å². The fourth-order valence-electron chi connectivity index (χ4n) is 6.70. The van der Waals surface area contributed by atoms with Crippen LogP contribution < -0.4 is 5.73 Å². The Morgan fingerprint density at radius 2 is 1.64 bits per heavy atom. The van der Waals surface area contributed by atoms with Crippen LogP contribution in [0.4, 0.5) is 0 Å². The molecule has 2 N–H and O–H groups in total. The van der Waals surface area contributed by atoms with Gasteiger partial charge in [0.2, 0.25) is 5.91 Å². The highest BCUT2D eigenvalue weighted by Crippen LogP contribution is 2.38. The number of aromatic nitrogens is 4. The molecule has 1 amide bonds. The maximum absolute atomic E-state index is 14.0. The topological polar surface area (TPSA) is 116 Å². The zero-order valence-corrected chi connectivity index (χ0v) is 27.9. The van der Waals surface area contributed by atoms with Gasteiger partial charge in [-0.15, -0.1) is 0 Å². The zero-order valence-electron chi connectivity index (χ0n) is 27.1. The number of hydrogen-bond donors (Lipinski definition) is 1. The summed E-state index contributed by atoms with van der Waals surface area (Å²) in [7, 11) is -1.79. The van der Waals surface area contributed by atoms with Gasteiger partial charge in [0.15, 0.2) is 5.65 Å². The van der Waals surface area contributed by atoms with Crippen molar-refractivity contribution < 1.29 is 13.2 Å². The number of rotatable bonds is 7. The third-order valence-electron chi connectivity index (χ3n) is 9.70. The van der Waals surface area contributed by atoms with Crippen LogP contribution in [0.2, 0.25) is 0 Å². The highest BCUT2D eigenvalue weighted by molar-refractivity contribution is 7.90. The molecule has 0 spiro atoms. The number of carbonyl (C=O) groups is 1. The van der Waals surface area contributed by atoms with E-state index in [2.05, 4.69) is 28.9 Å². The molecular formula is C37H38N6O3S. The van der Waals surface area contributed by atoms with E-state index in [1.807, 2.05) is 45.0 Å². The van der Waals surface area contributed by atoms with Crippen molar-refractivity contribution in [3.05, 3.63) is 102 Å². The van der Waals surface area contributed by atoms with Gasteiger partial charge in [-0.25, -0.2) is 17.4 Å². The summed E-state index contributed by atoms with van der Waals surface area (Å²) in [4.78, 5) is 19.4. The fraction of sp³-hybridized carbons (Fsp3) is 0.270. The monoisotopic (exact) mass is 646 g/mol. The number of carbonyl (C=O) groups excluding carboxylic acids is 1. The lowest BCUT2D eigenvalue weighted by atomic mass is 9.93. The third-order valence-corrected chi connectivity index (χ3v) is 11.4. The maximum atomic E-state index is 14.0. The van der Waals surface area contributed by atoms with Gasteiger partial charge in [0, 0.05) is 52.6 Å². The number of fused-ring (bicyclic) bond motifs is 2. The molecule has 0 unspecified atom stereocenters. The Balaban J connectivity index is 1.34. The van der Waals surface area contributed by atoms with Gasteiger partial charge in [-0.05, 0) is 118 Å². The molecule has 3 aromatic heterocycles. The molecule has 3 aromatic carbocycles. The molecule has 0 atom stereocenters. The first-order chi connectivity index (χ1) is 22.5. The molecule has 0 aliphatic carbocycles. The number of likely N-dealkylation sites (tertiary alicyclic amines) is 1. The molecule has 10 heteroatoms. The number of benzene rings is 3. The molecule has 1 aliphatic heterocycles. The Morgan fingerprint density at radius 3 is 2.36 bits per heavy atom. The van der Waals surface area contributed by atoms with Gasteiger partial charge < -0.3 is 10.6 Å². The van der Waals surface area contributed by atoms with Crippen LogP contribution in [0.25, 0.3) is 44.2 Å². The number of primary amides is 1. The van der Waals surface area contributed by atoms with Gasteiger partial charge >= 0.3 is 0 Å². The highest BCUT2D eigenvalue weighted by atomic mass is 32.2. The lowest BCUT2D eigenvalue weighted by Gasteiger charge is -2.28. The maximum Gasteiger partial charge on any atom is 0.269 e. The van der Waals surface area contributed by atoms with E-state index >= 15 is 0 Å². The van der Waals surface area contributed by atoms with Crippen molar-refractivity contribution in [1.82, 2.24) is 23.6 Å². The number of pyridine rings is 1. The van der Waals surface area contributed by atoms with Gasteiger partial charge in [0.1, 0.15) is 0 Å². The summed E-state index contributed by atoms with van der Waals surface area (Å²) in [5.74, 6) is 0.116. The van der Waals surface area contributed by atoms with Crippen LogP contribution in [0.15, 0.2) is 84.1 Å². The summed E-state index contributed by atoms with van der Waals surface area (Å²) in [6.45, 7) is 8.84. The minimum absolute atomic E-state index is 0.178. The van der Waals surface area contributed by atoms with E-state index in [0.717, 1.165) is 63.9 Å². The Kier molecular flexibility index (Phi) is 7.72. The number of piperidine rings is 1. The lowest BCUT2D eigenvalue weighted by Crippen LogP contribution is -2.31. The Morgan fingerprint density at radius 1 is 0.894 bits per heavy atom. The van der Waals surface area contributed by atoms with Crippen LogP contribution >= 0.6 is 0 Å². The summed E-state index contributed by atoms with van der Waals surface area (Å²) < 4.78 is 31.4. The first-order valence-electron chi connectivity index (χ1n) is 15.9. The van der Waals surface area contributed by atoms with Gasteiger partial charge in [-0.2, -0.15) is 5.10 Å². The van der Waals surface area contributed by atoms with E-state index in [0.29, 0.717) is 28.1 Å². The van der Waals surface area contributed by atoms with Crippen molar-refractivity contribution >= 4 is 37.9 Å². The highest BCUT2D eigenvalue weighted by Gasteiger charge is 2.25. The number of nitrogens with zero attached hydrogens (tertiary/aromatic N) is 5. The minimum Gasteiger partial charge on any atom is -0.366 e. The van der Waals surface area contributed by atoms with Crippen LogP contribution in [0.1, 0.15) is 39.9 Å². The minimum atomic E-state index is -3.97. The molecule has 0 bridgehead atoms. The van der Waals surface area contributed by atoms with Crippen LogP contribution in [0, 0.1) is 26.7 Å². The summed E-state index contributed by atoms with van der Waals surface area (Å²) >= 11 is 0. The van der Waals surface area contributed by atoms with Crippen LogP contribution in [0.3, 0.4) is 0 Å². The molecule has 0 saturated carbocycles. The first-order valence-corrected chi connectivity index (χ1v) is 17.3. The van der Waals surface area contributed by atoms with Crippen molar-refractivity contribution in [2.75, 3.05) is 20.1 Å². The van der Waals surface area contributed by atoms with Gasteiger partial charge in [-0.1, -0.05) is 29.8 Å². The first kappa shape index (κ1) is 30.8. The van der Waals surface area contributed by atoms with E-state index in [1.54, 1.807) is 42.7 Å². The molecule has 240 valence electrons. The smallest absolute Gasteiger partial charge is 0.269 e. The second-order valence-corrected chi connectivity index (χ2v) is 14.7. The van der Waals surface area contributed by atoms with Gasteiger partial charge in [0.25, 0.3) is 10.0 Å². The van der Waals surface area contributed by atoms with Crippen molar-refractivity contribution in [3.63, 3.8) is 0 Å². The average molecular weight is 647 g/mol. The summed E-state index contributed by atoms with van der Waals surface area (Å²) in [6, 6.07) is 18.5. The van der Waals surface area contributed by atoms with Gasteiger partial charge in [0.05, 0.1) is 10.4 Å². The lowest BCUT2D eigenvalue weighted by molar-refractivity contribution is 0.0999. The molecular weight excluding hydrogens is 609 g/mol. The molecule has 6 aromatic rings. The quantitative estimate of drug-likeness (QED) is 0.217. The van der Waals surface area contributed by atoms with E-state index in [-0.39, 0.29) is 4.90 Å². The van der Waals surface area contributed by atoms with E-state index in [4.69, 9.17) is 15.8 Å². The summed E-state index contributed by atoms with van der Waals surface area (Å²) in [5, 5.41) is 6.58. The van der Waals surface area contributed by atoms with Crippen molar-refractivity contribution in [2.24, 2.45) is 11.7 Å². The van der Waals surface area contributed by atoms with Crippen molar-refractivity contribution in [3.8, 4) is 22.3 Å². The van der Waals surface area contributed by atoms with Crippen molar-refractivity contribution in [2.45, 2.75) is 45.1 Å². The normalized spacial score (nSPS) is 14.7. The predicted molar refractivity (Wildman–Crippen MR) is 186 cm³/mol. The molecule has 9 nitrogen and oxygen atoms in total. The molecule has 1 aliphatic rings. The fourth-order valence-corrected chi connectivity index (χ4v) is 8.02. The average Bonchev–Trinajstić information content (AvgIpc) is 3.64. The number of aryl methyl sites for hydroxylation is 1. The molecule has 1 saturated heterocycles. The summed E-state index contributed by atoms with van der Waals surface area (Å²) in [5.41, 5.74) is 13.2. The van der Waals surface area contributed by atoms with E-state index in [1.165, 1.54) is 16.8 Å². The largest absolute Gasteiger partial charge is 0.366 e. The molecule has 0 radical (unpaired) electrons. The zero-order chi connectivity index (χ0) is 33.0. The molecule has 1 fully saturated rings. The SMILES string of the molecule is Cc1ccc(S(=O)(=O)n2cc(-c3ccc(C(N)=O)c(C)c3C)c3cc(-c4ccc5nn(CC6CCN(C)CC6)cc5c4)cnc32)cc1. The second kappa shape index (κ2) is 11.8. The molecule has 4 heterocycles. The standard InChI is InChI=1S/C37H38N6O3S/c1-23-5-8-30(9-6-23)47(45,46)43-22-34(31-10-11-32(36(38)44)25(3)24(31)2)33-18-28(19-39-37(33)43)27-7-12-35-29(17-27)21-42(40-35)20-26-13-15-41(4)16-14-26/h5-12,17-19,21-22,26H,13-16,20H2,1-4H3,(H2,38,44). The Hall–Kier alpha value is -4.80. The Bertz CT molecular complexity index is 2280. The predicted octanol–water partition coefficient (Wildman–Crippen LogP) is 6.32. The van der Waals surface area contributed by atoms with Crippen LogP contribution in [-0.4, -0.2) is 58.1 Å². The third kappa shape index (κ3) is 5.61. The number of nitrogens with two attached hydrogens (primary N) is 1. The van der Waals surface area contributed by atoms with Crippen LogP contribution in [-0.2, 0) is 16.6 Å². The number of hydrogen-bond acceptors (Lipinski definition) is 6. The second-order valence-electron chi connectivity index (χ2n) is 12.9. The van der Waals surface area contributed by atoms with Crippen LogP contribution in [0.5, 0.6) is 0 Å². The van der Waals surface area contributed by atoms with Crippen molar-refractivity contribution in [1.29, 1.82) is 0 Å². The summed E-state index contributed by atoms with van der Waals surface area (Å²) in [6.07, 6.45) is 7.83. The molecule has 47 heavy (non-hydrogen) atoms.